The lowest BCUT2D eigenvalue weighted by Crippen LogP contribution is -2.25. The molecule has 2 aliphatic rings. The van der Waals surface area contributed by atoms with Gasteiger partial charge < -0.3 is 0 Å². The molecular weight excluding hydrogens is 685 g/mol. The molecule has 304 valence electrons. The van der Waals surface area contributed by atoms with Crippen molar-refractivity contribution in [3.8, 4) is 22.3 Å². The molecule has 0 aliphatic heterocycles. The predicted octanol–water partition coefficient (Wildman–Crippen LogP) is 17.7. The van der Waals surface area contributed by atoms with Gasteiger partial charge in [0.2, 0.25) is 0 Å². The highest BCUT2D eigenvalue weighted by Gasteiger charge is 2.51. The minimum Gasteiger partial charge on any atom is -0.0619 e. The number of hydrogen-bond acceptors (Lipinski definition) is 0. The molecule has 0 nitrogen and oxygen atoms in total. The SMILES string of the molecule is CC(C)(C)C.CC(C)(C)C.CC(C)(C)C.CC(C)(C)C.Cc1ccc2cc(C)ccc2c1.c1ccc2c(c1)-c1ccccc1C21c2ccccc2-c2ccccc21. The monoisotopic (exact) mass is 761 g/mol. The fourth-order valence-corrected chi connectivity index (χ4v) is 6.54. The standard InChI is InChI=1S/C25H16.C12H12.4C5H12/c1-5-13-21-17(9-1)18-10-2-6-14-22(18)25(21)23-15-7-3-11-19(23)20-12-4-8-16-24(20)25;1-9-3-5-12-8-10(2)4-6-11(12)7-9;4*1-5(2,3)4/h1-16H;3-8H,1-2H3;4*1-4H3. The molecule has 1 spiro atoms. The van der Waals surface area contributed by atoms with Crippen LogP contribution in [0.2, 0.25) is 0 Å². The Morgan fingerprint density at radius 3 is 0.684 bits per heavy atom. The summed E-state index contributed by atoms with van der Waals surface area (Å²) < 4.78 is 0. The van der Waals surface area contributed by atoms with E-state index < -0.39 is 0 Å². The lowest BCUT2D eigenvalue weighted by atomic mass is 9.70. The molecule has 0 heteroatoms. The van der Waals surface area contributed by atoms with E-state index in [9.17, 15) is 0 Å². The summed E-state index contributed by atoms with van der Waals surface area (Å²) in [6.07, 6.45) is 0. The Kier molecular flexibility index (Phi) is 15.6. The van der Waals surface area contributed by atoms with E-state index in [4.69, 9.17) is 0 Å². The molecule has 0 fully saturated rings. The molecule has 0 aromatic heterocycles. The third kappa shape index (κ3) is 14.5. The highest BCUT2D eigenvalue weighted by molar-refractivity contribution is 5.94. The fraction of sp³-hybridized carbons (Fsp3) is 0.404. The highest BCUT2D eigenvalue weighted by atomic mass is 14.5. The van der Waals surface area contributed by atoms with E-state index in [0.717, 1.165) is 0 Å². The first-order valence-corrected chi connectivity index (χ1v) is 21.0. The predicted molar refractivity (Wildman–Crippen MR) is 257 cm³/mol. The average Bonchev–Trinajstić information content (AvgIpc) is 3.54. The van der Waals surface area contributed by atoms with Crippen LogP contribution in [0.4, 0.5) is 0 Å². The second-order valence-electron chi connectivity index (χ2n) is 22.3. The Morgan fingerprint density at radius 2 is 0.474 bits per heavy atom. The van der Waals surface area contributed by atoms with Crippen LogP contribution in [0.25, 0.3) is 33.0 Å². The maximum atomic E-state index is 2.31. The van der Waals surface area contributed by atoms with Crippen molar-refractivity contribution >= 4 is 10.8 Å². The Hall–Kier alpha value is -4.42. The molecule has 0 saturated heterocycles. The minimum atomic E-state index is -0.180. The molecule has 0 unspecified atom stereocenters. The van der Waals surface area contributed by atoms with E-state index in [-0.39, 0.29) is 5.41 Å². The van der Waals surface area contributed by atoms with E-state index in [1.807, 2.05) is 0 Å². The molecule has 0 saturated carbocycles. The van der Waals surface area contributed by atoms with Gasteiger partial charge >= 0.3 is 0 Å². The second-order valence-corrected chi connectivity index (χ2v) is 22.3. The third-order valence-electron chi connectivity index (χ3n) is 8.06. The maximum absolute atomic E-state index is 2.31. The van der Waals surface area contributed by atoms with E-state index in [1.54, 1.807) is 0 Å². The summed E-state index contributed by atoms with van der Waals surface area (Å²) in [4.78, 5) is 0. The van der Waals surface area contributed by atoms with Crippen molar-refractivity contribution in [3.63, 3.8) is 0 Å². The zero-order valence-corrected chi connectivity index (χ0v) is 39.2. The maximum Gasteiger partial charge on any atom is 0.0725 e. The fourth-order valence-electron chi connectivity index (χ4n) is 6.54. The molecule has 0 radical (unpaired) electrons. The first-order chi connectivity index (χ1) is 26.2. The molecule has 6 aromatic rings. The number of fused-ring (bicyclic) bond motifs is 11. The number of hydrogen-bond donors (Lipinski definition) is 0. The van der Waals surface area contributed by atoms with Gasteiger partial charge in [-0.3, -0.25) is 0 Å². The Labute approximate surface area is 350 Å². The van der Waals surface area contributed by atoms with Crippen LogP contribution >= 0.6 is 0 Å². The minimum absolute atomic E-state index is 0.180. The quantitative estimate of drug-likeness (QED) is 0.144. The van der Waals surface area contributed by atoms with E-state index in [1.165, 1.54) is 66.4 Å². The zero-order valence-electron chi connectivity index (χ0n) is 39.2. The van der Waals surface area contributed by atoms with Crippen LogP contribution in [0.15, 0.2) is 133 Å². The number of benzene rings is 6. The average molecular weight is 761 g/mol. The van der Waals surface area contributed by atoms with Gasteiger partial charge in [-0.15, -0.1) is 0 Å². The van der Waals surface area contributed by atoms with Crippen LogP contribution in [0.5, 0.6) is 0 Å². The van der Waals surface area contributed by atoms with E-state index in [2.05, 4.69) is 258 Å². The van der Waals surface area contributed by atoms with Crippen molar-refractivity contribution in [2.75, 3.05) is 0 Å². The van der Waals surface area contributed by atoms with Gasteiger partial charge in [-0.2, -0.15) is 0 Å². The number of rotatable bonds is 0. The van der Waals surface area contributed by atoms with Crippen molar-refractivity contribution in [1.29, 1.82) is 0 Å². The van der Waals surface area contributed by atoms with Gasteiger partial charge in [0, 0.05) is 0 Å². The number of aryl methyl sites for hydroxylation is 2. The van der Waals surface area contributed by atoms with Crippen molar-refractivity contribution in [2.45, 2.75) is 130 Å². The van der Waals surface area contributed by atoms with Gasteiger partial charge in [0.25, 0.3) is 0 Å². The molecule has 6 aromatic carbocycles. The van der Waals surface area contributed by atoms with Gasteiger partial charge in [0.05, 0.1) is 5.41 Å². The molecule has 2 aliphatic carbocycles. The largest absolute Gasteiger partial charge is 0.0725 e. The van der Waals surface area contributed by atoms with Crippen LogP contribution < -0.4 is 0 Å². The normalized spacial score (nSPS) is 12.9. The van der Waals surface area contributed by atoms with Gasteiger partial charge in [0.15, 0.2) is 0 Å². The molecule has 0 N–H and O–H groups in total. The summed E-state index contributed by atoms with van der Waals surface area (Å²) >= 11 is 0. The van der Waals surface area contributed by atoms with Crippen LogP contribution in [0, 0.1) is 35.5 Å². The summed E-state index contributed by atoms with van der Waals surface area (Å²) in [5.74, 6) is 0. The van der Waals surface area contributed by atoms with Crippen LogP contribution in [0.1, 0.15) is 144 Å². The highest BCUT2D eigenvalue weighted by Crippen LogP contribution is 2.62. The Balaban J connectivity index is 0.000000226. The topological polar surface area (TPSA) is 0 Å². The lowest BCUT2D eigenvalue weighted by Gasteiger charge is -2.30. The van der Waals surface area contributed by atoms with Crippen LogP contribution in [-0.4, -0.2) is 0 Å². The Bertz CT molecular complexity index is 1880. The van der Waals surface area contributed by atoms with E-state index in [0.29, 0.717) is 21.7 Å². The first-order valence-electron chi connectivity index (χ1n) is 21.0. The molecule has 0 atom stereocenters. The van der Waals surface area contributed by atoms with Crippen molar-refractivity contribution in [3.05, 3.63) is 167 Å². The summed E-state index contributed by atoms with van der Waals surface area (Å²) in [5, 5.41) is 2.67. The lowest BCUT2D eigenvalue weighted by molar-refractivity contribution is 0.469. The third-order valence-corrected chi connectivity index (χ3v) is 8.06. The van der Waals surface area contributed by atoms with E-state index >= 15 is 0 Å². The molecule has 8 rings (SSSR count). The zero-order chi connectivity index (χ0) is 43.0. The molecule has 0 amide bonds. The van der Waals surface area contributed by atoms with Crippen LogP contribution in [0.3, 0.4) is 0 Å². The van der Waals surface area contributed by atoms with Gasteiger partial charge in [-0.25, -0.2) is 0 Å². The summed E-state index contributed by atoms with van der Waals surface area (Å²) in [6, 6.07) is 48.8. The molecular formula is C57H76. The molecule has 0 bridgehead atoms. The summed E-state index contributed by atoms with van der Waals surface area (Å²) in [5.41, 5.74) is 15.6. The second kappa shape index (κ2) is 18.9. The molecule has 57 heavy (non-hydrogen) atoms. The summed E-state index contributed by atoms with van der Waals surface area (Å²) in [6.45, 7) is 39.2. The van der Waals surface area contributed by atoms with Crippen molar-refractivity contribution in [1.82, 2.24) is 0 Å². The Morgan fingerprint density at radius 1 is 0.281 bits per heavy atom. The first kappa shape index (κ1) is 47.0. The smallest absolute Gasteiger partial charge is 0.0619 e. The summed E-state index contributed by atoms with van der Waals surface area (Å²) in [7, 11) is 0. The van der Waals surface area contributed by atoms with Gasteiger partial charge in [0.1, 0.15) is 0 Å². The van der Waals surface area contributed by atoms with Crippen molar-refractivity contribution < 1.29 is 0 Å². The van der Waals surface area contributed by atoms with Gasteiger partial charge in [-0.1, -0.05) is 255 Å². The molecule has 0 heterocycles. The van der Waals surface area contributed by atoms with Crippen molar-refractivity contribution in [2.24, 2.45) is 21.7 Å². The van der Waals surface area contributed by atoms with Gasteiger partial charge in [-0.05, 0) is 90.8 Å². The van der Waals surface area contributed by atoms with Crippen LogP contribution in [-0.2, 0) is 5.41 Å².